The summed E-state index contributed by atoms with van der Waals surface area (Å²) in [5.41, 5.74) is 0.760. The molecule has 1 amide bonds. The molecule has 7 heteroatoms. The number of hydrogen-bond acceptors (Lipinski definition) is 6. The molecule has 0 unspecified atom stereocenters. The molecule has 3 rings (SSSR count). The fraction of sp³-hybridized carbons (Fsp3) is 0.208. The van der Waals surface area contributed by atoms with Crippen LogP contribution in [0.4, 0.5) is 0 Å². The van der Waals surface area contributed by atoms with Crippen LogP contribution in [0.3, 0.4) is 0 Å². The molecule has 0 aromatic heterocycles. The lowest BCUT2D eigenvalue weighted by atomic mass is 10.1. The maximum absolute atomic E-state index is 12.2. The van der Waals surface area contributed by atoms with Crippen molar-refractivity contribution in [3.63, 3.8) is 0 Å². The summed E-state index contributed by atoms with van der Waals surface area (Å²) in [4.78, 5) is 12.2. The third-order valence-electron chi connectivity index (χ3n) is 4.44. The number of ether oxygens (including phenoxy) is 5. The molecule has 0 bridgehead atoms. The van der Waals surface area contributed by atoms with Crippen LogP contribution >= 0.6 is 0 Å². The molecule has 0 aliphatic heterocycles. The van der Waals surface area contributed by atoms with Crippen LogP contribution in [-0.2, 0) is 11.3 Å². The van der Waals surface area contributed by atoms with E-state index in [0.717, 1.165) is 11.3 Å². The molecule has 0 heterocycles. The van der Waals surface area contributed by atoms with E-state index in [2.05, 4.69) is 5.32 Å². The molecular weight excluding hydrogens is 398 g/mol. The molecule has 0 spiro atoms. The lowest BCUT2D eigenvalue weighted by molar-refractivity contribution is -0.123. The van der Waals surface area contributed by atoms with Crippen LogP contribution in [0.5, 0.6) is 34.5 Å². The van der Waals surface area contributed by atoms with Gasteiger partial charge in [-0.3, -0.25) is 4.79 Å². The van der Waals surface area contributed by atoms with Crippen molar-refractivity contribution in [3.05, 3.63) is 72.3 Å². The van der Waals surface area contributed by atoms with Crippen molar-refractivity contribution < 1.29 is 28.5 Å². The lowest BCUT2D eigenvalue weighted by Gasteiger charge is -2.14. The van der Waals surface area contributed by atoms with Gasteiger partial charge in [-0.1, -0.05) is 18.2 Å². The number of hydrogen-bond donors (Lipinski definition) is 1. The van der Waals surface area contributed by atoms with E-state index in [0.29, 0.717) is 28.7 Å². The van der Waals surface area contributed by atoms with Crippen molar-refractivity contribution in [1.82, 2.24) is 5.32 Å². The molecule has 3 aromatic carbocycles. The van der Waals surface area contributed by atoms with E-state index in [1.165, 1.54) is 0 Å². The van der Waals surface area contributed by atoms with Crippen molar-refractivity contribution in [2.24, 2.45) is 0 Å². The fourth-order valence-corrected chi connectivity index (χ4v) is 2.85. The van der Waals surface area contributed by atoms with Gasteiger partial charge in [0.1, 0.15) is 23.0 Å². The second-order valence-electron chi connectivity index (χ2n) is 6.47. The van der Waals surface area contributed by atoms with E-state index in [4.69, 9.17) is 23.7 Å². The number of carbonyl (C=O) groups is 1. The zero-order valence-corrected chi connectivity index (χ0v) is 17.7. The average Bonchev–Trinajstić information content (AvgIpc) is 2.82. The molecule has 31 heavy (non-hydrogen) atoms. The van der Waals surface area contributed by atoms with Crippen molar-refractivity contribution in [1.29, 1.82) is 0 Å². The Labute approximate surface area is 181 Å². The smallest absolute Gasteiger partial charge is 0.258 e. The molecule has 1 N–H and O–H groups in total. The number of amides is 1. The summed E-state index contributed by atoms with van der Waals surface area (Å²) in [6.07, 6.45) is 0. The van der Waals surface area contributed by atoms with E-state index in [9.17, 15) is 4.79 Å². The Balaban J connectivity index is 1.51. The quantitative estimate of drug-likeness (QED) is 0.527. The summed E-state index contributed by atoms with van der Waals surface area (Å²) in [5.74, 6) is 3.44. The minimum absolute atomic E-state index is 0.117. The Kier molecular flexibility index (Phi) is 7.59. The van der Waals surface area contributed by atoms with Crippen molar-refractivity contribution in [2.75, 3.05) is 27.9 Å². The zero-order valence-electron chi connectivity index (χ0n) is 17.7. The highest BCUT2D eigenvalue weighted by Crippen LogP contribution is 2.34. The van der Waals surface area contributed by atoms with Crippen LogP contribution in [0.15, 0.2) is 66.7 Å². The zero-order chi connectivity index (χ0) is 22.1. The SMILES string of the molecule is COc1cc(OC)c(OC)cc1CNC(=O)COc1ccc(Oc2ccccc2)cc1. The highest BCUT2D eigenvalue weighted by Gasteiger charge is 2.13. The fourth-order valence-electron chi connectivity index (χ4n) is 2.85. The second kappa shape index (κ2) is 10.8. The van der Waals surface area contributed by atoms with Crippen LogP contribution in [0.2, 0.25) is 0 Å². The van der Waals surface area contributed by atoms with Crippen LogP contribution in [0, 0.1) is 0 Å². The van der Waals surface area contributed by atoms with Crippen LogP contribution in [-0.4, -0.2) is 33.8 Å². The molecule has 0 aliphatic rings. The summed E-state index contributed by atoms with van der Waals surface area (Å²) in [7, 11) is 4.66. The predicted octanol–water partition coefficient (Wildman–Crippen LogP) is 4.20. The first-order valence-corrected chi connectivity index (χ1v) is 9.64. The van der Waals surface area contributed by atoms with E-state index in [1.54, 1.807) is 57.7 Å². The van der Waals surface area contributed by atoms with E-state index >= 15 is 0 Å². The van der Waals surface area contributed by atoms with Crippen molar-refractivity contribution >= 4 is 5.91 Å². The van der Waals surface area contributed by atoms with Gasteiger partial charge in [0.05, 0.1) is 21.3 Å². The number of methoxy groups -OCH3 is 3. The molecule has 3 aromatic rings. The average molecular weight is 423 g/mol. The molecule has 0 saturated heterocycles. The van der Waals surface area contributed by atoms with Gasteiger partial charge in [0, 0.05) is 18.2 Å². The van der Waals surface area contributed by atoms with Crippen LogP contribution < -0.4 is 29.0 Å². The third-order valence-corrected chi connectivity index (χ3v) is 4.44. The van der Waals surface area contributed by atoms with E-state index in [1.807, 2.05) is 30.3 Å². The monoisotopic (exact) mass is 423 g/mol. The van der Waals surface area contributed by atoms with Gasteiger partial charge >= 0.3 is 0 Å². The van der Waals surface area contributed by atoms with Gasteiger partial charge in [-0.05, 0) is 42.5 Å². The standard InChI is InChI=1S/C24H25NO6/c1-27-21-14-23(29-3)22(28-2)13-17(21)15-25-24(26)16-30-18-9-11-20(12-10-18)31-19-7-5-4-6-8-19/h4-14H,15-16H2,1-3H3,(H,25,26). The van der Waals surface area contributed by atoms with E-state index < -0.39 is 0 Å². The normalized spacial score (nSPS) is 10.2. The predicted molar refractivity (Wildman–Crippen MR) is 116 cm³/mol. The van der Waals surface area contributed by atoms with Gasteiger partial charge in [-0.25, -0.2) is 0 Å². The number of carbonyl (C=O) groups excluding carboxylic acids is 1. The van der Waals surface area contributed by atoms with Gasteiger partial charge < -0.3 is 29.0 Å². The Bertz CT molecular complexity index is 989. The van der Waals surface area contributed by atoms with Gasteiger partial charge in [0.25, 0.3) is 5.91 Å². The number of rotatable bonds is 10. The molecule has 0 saturated carbocycles. The van der Waals surface area contributed by atoms with E-state index in [-0.39, 0.29) is 19.1 Å². The highest BCUT2D eigenvalue weighted by atomic mass is 16.5. The molecule has 0 aliphatic carbocycles. The van der Waals surface area contributed by atoms with Crippen molar-refractivity contribution in [3.8, 4) is 34.5 Å². The van der Waals surface area contributed by atoms with Gasteiger partial charge in [0.2, 0.25) is 0 Å². The first-order chi connectivity index (χ1) is 15.1. The molecular formula is C24H25NO6. The Morgan fingerprint density at radius 1 is 0.742 bits per heavy atom. The third kappa shape index (κ3) is 6.05. The number of nitrogens with one attached hydrogen (secondary N) is 1. The maximum Gasteiger partial charge on any atom is 0.258 e. The topological polar surface area (TPSA) is 75.2 Å². The van der Waals surface area contributed by atoms with Gasteiger partial charge in [-0.2, -0.15) is 0 Å². The number of benzene rings is 3. The van der Waals surface area contributed by atoms with Crippen molar-refractivity contribution in [2.45, 2.75) is 6.54 Å². The minimum Gasteiger partial charge on any atom is -0.496 e. The maximum atomic E-state index is 12.2. The summed E-state index contributed by atoms with van der Waals surface area (Å²) in [6.45, 7) is 0.143. The highest BCUT2D eigenvalue weighted by molar-refractivity contribution is 5.77. The van der Waals surface area contributed by atoms with Crippen LogP contribution in [0.25, 0.3) is 0 Å². The van der Waals surface area contributed by atoms with Gasteiger partial charge in [-0.15, -0.1) is 0 Å². The summed E-state index contributed by atoms with van der Waals surface area (Å²) < 4.78 is 27.2. The number of para-hydroxylation sites is 1. The minimum atomic E-state index is -0.263. The Morgan fingerprint density at radius 3 is 1.97 bits per heavy atom. The van der Waals surface area contributed by atoms with Gasteiger partial charge in [0.15, 0.2) is 18.1 Å². The first-order valence-electron chi connectivity index (χ1n) is 9.64. The molecule has 7 nitrogen and oxygen atoms in total. The first kappa shape index (κ1) is 21.8. The molecule has 162 valence electrons. The lowest BCUT2D eigenvalue weighted by Crippen LogP contribution is -2.28. The summed E-state index contributed by atoms with van der Waals surface area (Å²) in [5, 5.41) is 2.81. The summed E-state index contributed by atoms with van der Waals surface area (Å²) >= 11 is 0. The Hall–Kier alpha value is -3.87. The largest absolute Gasteiger partial charge is 0.496 e. The Morgan fingerprint density at radius 2 is 1.32 bits per heavy atom. The summed E-state index contributed by atoms with van der Waals surface area (Å²) in [6, 6.07) is 20.1. The van der Waals surface area contributed by atoms with Crippen LogP contribution in [0.1, 0.15) is 5.56 Å². The molecule has 0 radical (unpaired) electrons. The molecule has 0 atom stereocenters. The molecule has 0 fully saturated rings. The second-order valence-corrected chi connectivity index (χ2v) is 6.47.